The van der Waals surface area contributed by atoms with E-state index in [1.165, 1.54) is 13.0 Å². The van der Waals surface area contributed by atoms with E-state index in [-0.39, 0.29) is 17.2 Å². The summed E-state index contributed by atoms with van der Waals surface area (Å²) in [5.41, 5.74) is 0.179. The molecular weight excluding hydrogens is 305 g/mol. The second kappa shape index (κ2) is 5.69. The summed E-state index contributed by atoms with van der Waals surface area (Å²) in [6.07, 6.45) is 3.95. The van der Waals surface area contributed by atoms with E-state index in [0.29, 0.717) is 0 Å². The lowest BCUT2D eigenvalue weighted by molar-refractivity contribution is 0.0937. The smallest absolute Gasteiger partial charge is 0.264 e. The standard InChI is InChI=1S/C13H15ClFNO3S/c1-8-6-9(7-11(12(8)15)20(14,18)19)13(17)16-10-4-2-3-5-10/h6-7,10H,2-5H2,1H3,(H,16,17). The Labute approximate surface area is 121 Å². The predicted molar refractivity (Wildman–Crippen MR) is 73.9 cm³/mol. The van der Waals surface area contributed by atoms with Gasteiger partial charge in [-0.15, -0.1) is 0 Å². The Morgan fingerprint density at radius 3 is 2.50 bits per heavy atom. The third-order valence-corrected chi connectivity index (χ3v) is 4.76. The first-order valence-electron chi connectivity index (χ1n) is 6.34. The van der Waals surface area contributed by atoms with Crippen molar-refractivity contribution >= 4 is 25.6 Å². The molecule has 0 bridgehead atoms. The third kappa shape index (κ3) is 3.30. The van der Waals surface area contributed by atoms with Crippen LogP contribution in [0.15, 0.2) is 17.0 Å². The van der Waals surface area contributed by atoms with E-state index in [2.05, 4.69) is 5.32 Å². The minimum absolute atomic E-state index is 0.0725. The molecule has 0 atom stereocenters. The normalized spacial score (nSPS) is 16.4. The highest BCUT2D eigenvalue weighted by atomic mass is 35.7. The molecule has 0 aliphatic heterocycles. The molecule has 1 aliphatic carbocycles. The monoisotopic (exact) mass is 319 g/mol. The van der Waals surface area contributed by atoms with E-state index < -0.39 is 25.7 Å². The average molecular weight is 320 g/mol. The summed E-state index contributed by atoms with van der Waals surface area (Å²) < 4.78 is 36.4. The Kier molecular flexibility index (Phi) is 4.34. The van der Waals surface area contributed by atoms with Gasteiger partial charge in [0, 0.05) is 22.3 Å². The summed E-state index contributed by atoms with van der Waals surface area (Å²) in [5, 5.41) is 2.82. The van der Waals surface area contributed by atoms with Gasteiger partial charge >= 0.3 is 0 Å². The highest BCUT2D eigenvalue weighted by molar-refractivity contribution is 8.13. The Morgan fingerprint density at radius 2 is 1.95 bits per heavy atom. The molecular formula is C13H15ClFNO3S. The minimum atomic E-state index is -4.22. The third-order valence-electron chi connectivity index (χ3n) is 3.44. The molecule has 1 aliphatic rings. The molecule has 1 fully saturated rings. The summed E-state index contributed by atoms with van der Waals surface area (Å²) in [4.78, 5) is 11.4. The van der Waals surface area contributed by atoms with Gasteiger partial charge in [0.25, 0.3) is 15.0 Å². The highest BCUT2D eigenvalue weighted by Crippen LogP contribution is 2.24. The van der Waals surface area contributed by atoms with Crippen molar-refractivity contribution in [3.05, 3.63) is 29.1 Å². The molecule has 7 heteroatoms. The zero-order valence-corrected chi connectivity index (χ0v) is 12.5. The molecule has 0 spiro atoms. The van der Waals surface area contributed by atoms with E-state index in [1.54, 1.807) is 0 Å². The minimum Gasteiger partial charge on any atom is -0.349 e. The van der Waals surface area contributed by atoms with Crippen molar-refractivity contribution in [2.75, 3.05) is 0 Å². The molecule has 0 aromatic heterocycles. The molecule has 0 saturated heterocycles. The van der Waals surface area contributed by atoms with Gasteiger partial charge in [-0.2, -0.15) is 0 Å². The fraction of sp³-hybridized carbons (Fsp3) is 0.462. The maximum absolute atomic E-state index is 13.8. The number of hydrogen-bond donors (Lipinski definition) is 1. The molecule has 1 saturated carbocycles. The first kappa shape index (κ1) is 15.3. The second-order valence-electron chi connectivity index (χ2n) is 5.00. The first-order chi connectivity index (χ1) is 9.29. The van der Waals surface area contributed by atoms with Crippen LogP contribution in [0, 0.1) is 12.7 Å². The van der Waals surface area contributed by atoms with Gasteiger partial charge in [0.1, 0.15) is 10.7 Å². The van der Waals surface area contributed by atoms with Crippen molar-refractivity contribution in [2.45, 2.75) is 43.5 Å². The SMILES string of the molecule is Cc1cc(C(=O)NC2CCCC2)cc(S(=O)(=O)Cl)c1F. The van der Waals surface area contributed by atoms with E-state index in [1.807, 2.05) is 0 Å². The molecule has 1 amide bonds. The molecule has 2 rings (SSSR count). The quantitative estimate of drug-likeness (QED) is 0.871. The van der Waals surface area contributed by atoms with Crippen LogP contribution in [-0.2, 0) is 9.05 Å². The number of carbonyl (C=O) groups excluding carboxylic acids is 1. The largest absolute Gasteiger partial charge is 0.349 e. The Morgan fingerprint density at radius 1 is 1.35 bits per heavy atom. The van der Waals surface area contributed by atoms with Gasteiger partial charge in [-0.25, -0.2) is 12.8 Å². The topological polar surface area (TPSA) is 63.2 Å². The van der Waals surface area contributed by atoms with Crippen molar-refractivity contribution < 1.29 is 17.6 Å². The van der Waals surface area contributed by atoms with Crippen molar-refractivity contribution in [1.29, 1.82) is 0 Å². The fourth-order valence-corrected chi connectivity index (χ4v) is 3.36. The fourth-order valence-electron chi connectivity index (χ4n) is 2.38. The van der Waals surface area contributed by atoms with Crippen LogP contribution in [0.1, 0.15) is 41.6 Å². The number of rotatable bonds is 3. The predicted octanol–water partition coefficient (Wildman–Crippen LogP) is 2.73. The molecule has 1 aromatic carbocycles. The summed E-state index contributed by atoms with van der Waals surface area (Å²) in [7, 11) is 0.961. The number of aryl methyl sites for hydroxylation is 1. The summed E-state index contributed by atoms with van der Waals surface area (Å²) in [6, 6.07) is 2.41. The number of benzene rings is 1. The molecule has 4 nitrogen and oxygen atoms in total. The Bertz CT molecular complexity index is 639. The van der Waals surface area contributed by atoms with Gasteiger partial charge in [-0.1, -0.05) is 12.8 Å². The zero-order chi connectivity index (χ0) is 14.9. The van der Waals surface area contributed by atoms with E-state index in [9.17, 15) is 17.6 Å². The van der Waals surface area contributed by atoms with Crippen LogP contribution >= 0.6 is 10.7 Å². The van der Waals surface area contributed by atoms with Crippen LogP contribution in [0.25, 0.3) is 0 Å². The summed E-state index contributed by atoms with van der Waals surface area (Å²) in [5.74, 6) is -1.32. The number of carbonyl (C=O) groups is 1. The van der Waals surface area contributed by atoms with Gasteiger partial charge in [-0.05, 0) is 37.5 Å². The average Bonchev–Trinajstić information content (AvgIpc) is 2.83. The van der Waals surface area contributed by atoms with Crippen LogP contribution in [0.3, 0.4) is 0 Å². The van der Waals surface area contributed by atoms with Crippen molar-refractivity contribution in [3.63, 3.8) is 0 Å². The lowest BCUT2D eigenvalue weighted by Gasteiger charge is -2.13. The van der Waals surface area contributed by atoms with Crippen molar-refractivity contribution in [2.24, 2.45) is 0 Å². The Balaban J connectivity index is 2.32. The van der Waals surface area contributed by atoms with Crippen LogP contribution in [-0.4, -0.2) is 20.4 Å². The van der Waals surface area contributed by atoms with Gasteiger partial charge in [-0.3, -0.25) is 4.79 Å². The van der Waals surface area contributed by atoms with Crippen LogP contribution in [0.4, 0.5) is 4.39 Å². The Hall–Kier alpha value is -1.14. The van der Waals surface area contributed by atoms with Crippen molar-refractivity contribution in [1.82, 2.24) is 5.32 Å². The highest BCUT2D eigenvalue weighted by Gasteiger charge is 2.23. The van der Waals surface area contributed by atoms with Crippen LogP contribution in [0.5, 0.6) is 0 Å². The number of hydrogen-bond acceptors (Lipinski definition) is 3. The van der Waals surface area contributed by atoms with Crippen LogP contribution < -0.4 is 5.32 Å². The van der Waals surface area contributed by atoms with Gasteiger partial charge in [0.2, 0.25) is 0 Å². The van der Waals surface area contributed by atoms with Gasteiger partial charge in [0.15, 0.2) is 0 Å². The molecule has 1 N–H and O–H groups in total. The van der Waals surface area contributed by atoms with Gasteiger partial charge < -0.3 is 5.32 Å². The van der Waals surface area contributed by atoms with Crippen LogP contribution in [0.2, 0.25) is 0 Å². The van der Waals surface area contributed by atoms with E-state index in [4.69, 9.17) is 10.7 Å². The lowest BCUT2D eigenvalue weighted by atomic mass is 10.1. The van der Waals surface area contributed by atoms with E-state index in [0.717, 1.165) is 31.7 Å². The molecule has 0 heterocycles. The molecule has 1 aromatic rings. The summed E-state index contributed by atoms with van der Waals surface area (Å²) in [6.45, 7) is 1.40. The molecule has 0 radical (unpaired) electrons. The zero-order valence-electron chi connectivity index (χ0n) is 10.9. The summed E-state index contributed by atoms with van der Waals surface area (Å²) >= 11 is 0. The first-order valence-corrected chi connectivity index (χ1v) is 8.65. The van der Waals surface area contributed by atoms with Crippen molar-refractivity contribution in [3.8, 4) is 0 Å². The maximum atomic E-state index is 13.8. The molecule has 110 valence electrons. The molecule has 20 heavy (non-hydrogen) atoms. The van der Waals surface area contributed by atoms with E-state index >= 15 is 0 Å². The lowest BCUT2D eigenvalue weighted by Crippen LogP contribution is -2.32. The van der Waals surface area contributed by atoms with Gasteiger partial charge in [0.05, 0.1) is 0 Å². The second-order valence-corrected chi connectivity index (χ2v) is 7.53. The number of amides is 1. The maximum Gasteiger partial charge on any atom is 0.264 e. The molecule has 0 unspecified atom stereocenters. The number of nitrogens with one attached hydrogen (secondary N) is 1. The number of halogens is 2.